The fourth-order valence-electron chi connectivity index (χ4n) is 4.19. The molecule has 1 fully saturated rings. The first-order valence-electron chi connectivity index (χ1n) is 10.4. The lowest BCUT2D eigenvalue weighted by atomic mass is 9.92. The fraction of sp³-hybridized carbons (Fsp3) is 0.636. The summed E-state index contributed by atoms with van der Waals surface area (Å²) in [6.45, 7) is 4.85. The number of unbranched alkanes of at least 4 members (excludes halogenated alkanes) is 1. The van der Waals surface area contributed by atoms with E-state index in [4.69, 9.17) is 9.47 Å². The van der Waals surface area contributed by atoms with Crippen molar-refractivity contribution in [3.05, 3.63) is 23.3 Å². The molecule has 28 heavy (non-hydrogen) atoms. The molecular weight excluding hydrogens is 356 g/mol. The number of carbonyl (C=O) groups excluding carboxylic acids is 2. The van der Waals surface area contributed by atoms with Crippen LogP contribution in [0, 0.1) is 5.92 Å². The normalized spacial score (nSPS) is 17.2. The van der Waals surface area contributed by atoms with Gasteiger partial charge in [0.15, 0.2) is 11.5 Å². The third-order valence-electron chi connectivity index (χ3n) is 5.97. The van der Waals surface area contributed by atoms with Crippen LogP contribution in [0.3, 0.4) is 0 Å². The van der Waals surface area contributed by atoms with Gasteiger partial charge in [-0.25, -0.2) is 0 Å². The molecule has 1 saturated heterocycles. The van der Waals surface area contributed by atoms with Crippen molar-refractivity contribution in [3.8, 4) is 11.5 Å². The molecule has 0 aliphatic carbocycles. The van der Waals surface area contributed by atoms with Gasteiger partial charge in [-0.05, 0) is 48.9 Å². The lowest BCUT2D eigenvalue weighted by Gasteiger charge is -2.36. The molecule has 0 unspecified atom stereocenters. The van der Waals surface area contributed by atoms with Crippen LogP contribution in [-0.2, 0) is 22.6 Å². The van der Waals surface area contributed by atoms with Gasteiger partial charge in [0.05, 0.1) is 14.2 Å². The van der Waals surface area contributed by atoms with Crippen molar-refractivity contribution >= 4 is 11.8 Å². The van der Waals surface area contributed by atoms with Crippen LogP contribution in [0.1, 0.15) is 50.2 Å². The van der Waals surface area contributed by atoms with E-state index in [1.165, 1.54) is 5.56 Å². The van der Waals surface area contributed by atoms with E-state index in [9.17, 15) is 9.59 Å². The van der Waals surface area contributed by atoms with E-state index in [0.29, 0.717) is 31.8 Å². The highest BCUT2D eigenvalue weighted by Crippen LogP contribution is 2.34. The molecule has 0 bridgehead atoms. The molecule has 0 atom stereocenters. The average molecular weight is 389 g/mol. The van der Waals surface area contributed by atoms with Crippen LogP contribution in [0.2, 0.25) is 0 Å². The molecule has 6 heteroatoms. The van der Waals surface area contributed by atoms with Crippen LogP contribution in [0.25, 0.3) is 0 Å². The Bertz CT molecular complexity index is 711. The van der Waals surface area contributed by atoms with Crippen LogP contribution >= 0.6 is 0 Å². The van der Waals surface area contributed by atoms with Crippen LogP contribution in [0.4, 0.5) is 0 Å². The predicted octanol–water partition coefficient (Wildman–Crippen LogP) is 3.02. The molecule has 0 radical (unpaired) electrons. The van der Waals surface area contributed by atoms with Crippen molar-refractivity contribution < 1.29 is 19.1 Å². The molecule has 3 rings (SSSR count). The predicted molar refractivity (Wildman–Crippen MR) is 107 cm³/mol. The molecule has 1 aromatic carbocycles. The van der Waals surface area contributed by atoms with Gasteiger partial charge in [-0.3, -0.25) is 9.59 Å². The SMILES string of the molecule is CCCCC(=O)N1CCC(C(=O)N2CCc3cc(OC)c(OC)cc3C2)CC1. The van der Waals surface area contributed by atoms with Gasteiger partial charge in [-0.1, -0.05) is 13.3 Å². The van der Waals surface area contributed by atoms with Crippen molar-refractivity contribution in [2.24, 2.45) is 5.92 Å². The third kappa shape index (κ3) is 4.42. The second kappa shape index (κ2) is 9.30. The van der Waals surface area contributed by atoms with Gasteiger partial charge in [0.1, 0.15) is 0 Å². The van der Waals surface area contributed by atoms with E-state index in [0.717, 1.165) is 50.0 Å². The van der Waals surface area contributed by atoms with Crippen LogP contribution in [-0.4, -0.2) is 55.5 Å². The van der Waals surface area contributed by atoms with Gasteiger partial charge in [0.25, 0.3) is 0 Å². The van der Waals surface area contributed by atoms with E-state index in [1.54, 1.807) is 14.2 Å². The average Bonchev–Trinajstić information content (AvgIpc) is 2.75. The van der Waals surface area contributed by atoms with Gasteiger partial charge in [-0.2, -0.15) is 0 Å². The summed E-state index contributed by atoms with van der Waals surface area (Å²) < 4.78 is 10.8. The van der Waals surface area contributed by atoms with Crippen molar-refractivity contribution in [1.29, 1.82) is 0 Å². The Hall–Kier alpha value is -2.24. The van der Waals surface area contributed by atoms with E-state index in [2.05, 4.69) is 6.92 Å². The number of likely N-dealkylation sites (tertiary alicyclic amines) is 1. The summed E-state index contributed by atoms with van der Waals surface area (Å²) in [6, 6.07) is 4.01. The number of hydrogen-bond donors (Lipinski definition) is 0. The van der Waals surface area contributed by atoms with Crippen molar-refractivity contribution in [1.82, 2.24) is 9.80 Å². The molecule has 2 aliphatic heterocycles. The van der Waals surface area contributed by atoms with E-state index in [-0.39, 0.29) is 17.7 Å². The molecule has 2 aliphatic rings. The van der Waals surface area contributed by atoms with Gasteiger partial charge in [0, 0.05) is 38.5 Å². The Morgan fingerprint density at radius 3 is 2.25 bits per heavy atom. The number of hydrogen-bond acceptors (Lipinski definition) is 4. The van der Waals surface area contributed by atoms with Gasteiger partial charge in [-0.15, -0.1) is 0 Å². The lowest BCUT2D eigenvalue weighted by Crippen LogP contribution is -2.45. The Kier molecular flexibility index (Phi) is 6.81. The summed E-state index contributed by atoms with van der Waals surface area (Å²) in [6.07, 6.45) is 4.98. The number of carbonyl (C=O) groups is 2. The maximum atomic E-state index is 13.1. The van der Waals surface area contributed by atoms with Crippen molar-refractivity contribution in [2.75, 3.05) is 33.9 Å². The second-order valence-electron chi connectivity index (χ2n) is 7.74. The van der Waals surface area contributed by atoms with Crippen LogP contribution < -0.4 is 9.47 Å². The first kappa shape index (κ1) is 20.5. The molecule has 2 heterocycles. The fourth-order valence-corrected chi connectivity index (χ4v) is 4.19. The first-order chi connectivity index (χ1) is 13.6. The Balaban J connectivity index is 1.59. The summed E-state index contributed by atoms with van der Waals surface area (Å²) in [5.74, 6) is 1.93. The number of methoxy groups -OCH3 is 2. The van der Waals surface area contributed by atoms with Gasteiger partial charge < -0.3 is 19.3 Å². The zero-order valence-electron chi connectivity index (χ0n) is 17.3. The molecule has 6 nitrogen and oxygen atoms in total. The summed E-state index contributed by atoms with van der Waals surface area (Å²) in [5.41, 5.74) is 2.35. The summed E-state index contributed by atoms with van der Waals surface area (Å²) in [5, 5.41) is 0. The third-order valence-corrected chi connectivity index (χ3v) is 5.97. The molecule has 1 aromatic rings. The molecule has 0 saturated carbocycles. The minimum atomic E-state index is 0.0249. The summed E-state index contributed by atoms with van der Waals surface area (Å²) in [4.78, 5) is 29.1. The maximum absolute atomic E-state index is 13.1. The molecule has 154 valence electrons. The number of rotatable bonds is 6. The van der Waals surface area contributed by atoms with Crippen LogP contribution in [0.15, 0.2) is 12.1 Å². The Morgan fingerprint density at radius 1 is 1.00 bits per heavy atom. The van der Waals surface area contributed by atoms with Crippen LogP contribution in [0.5, 0.6) is 11.5 Å². The lowest BCUT2D eigenvalue weighted by molar-refractivity contribution is -0.141. The molecule has 0 N–H and O–H groups in total. The highest BCUT2D eigenvalue weighted by molar-refractivity contribution is 5.80. The van der Waals surface area contributed by atoms with Crippen molar-refractivity contribution in [2.45, 2.75) is 52.0 Å². The standard InChI is InChI=1S/C22H32N2O4/c1-4-5-6-21(25)23-10-7-16(8-11-23)22(26)24-12-9-17-13-19(27-2)20(28-3)14-18(17)15-24/h13-14,16H,4-12,15H2,1-3H3. The number of ether oxygens (including phenoxy) is 2. The number of fused-ring (bicyclic) bond motifs is 1. The number of nitrogens with zero attached hydrogens (tertiary/aromatic N) is 2. The highest BCUT2D eigenvalue weighted by Gasteiger charge is 2.31. The summed E-state index contributed by atoms with van der Waals surface area (Å²) >= 11 is 0. The van der Waals surface area contributed by atoms with Crippen molar-refractivity contribution in [3.63, 3.8) is 0 Å². The minimum absolute atomic E-state index is 0.0249. The maximum Gasteiger partial charge on any atom is 0.226 e. The van der Waals surface area contributed by atoms with Gasteiger partial charge in [0.2, 0.25) is 11.8 Å². The zero-order chi connectivity index (χ0) is 20.1. The minimum Gasteiger partial charge on any atom is -0.493 e. The topological polar surface area (TPSA) is 59.1 Å². The molecular formula is C22H32N2O4. The van der Waals surface area contributed by atoms with E-state index in [1.807, 2.05) is 21.9 Å². The Morgan fingerprint density at radius 2 is 1.64 bits per heavy atom. The second-order valence-corrected chi connectivity index (χ2v) is 7.74. The van der Waals surface area contributed by atoms with E-state index >= 15 is 0 Å². The quantitative estimate of drug-likeness (QED) is 0.752. The summed E-state index contributed by atoms with van der Waals surface area (Å²) in [7, 11) is 3.27. The Labute approximate surface area is 167 Å². The molecule has 0 spiro atoms. The zero-order valence-corrected chi connectivity index (χ0v) is 17.3. The van der Waals surface area contributed by atoms with Gasteiger partial charge >= 0.3 is 0 Å². The van der Waals surface area contributed by atoms with E-state index < -0.39 is 0 Å². The highest BCUT2D eigenvalue weighted by atomic mass is 16.5. The first-order valence-corrected chi connectivity index (χ1v) is 10.4. The number of amides is 2. The monoisotopic (exact) mass is 388 g/mol. The number of benzene rings is 1. The molecule has 0 aromatic heterocycles. The number of piperidine rings is 1. The smallest absolute Gasteiger partial charge is 0.226 e. The largest absolute Gasteiger partial charge is 0.493 e. The molecule has 2 amide bonds.